The number of rotatable bonds is 2. The quantitative estimate of drug-likeness (QED) is 0.600. The van der Waals surface area contributed by atoms with E-state index in [4.69, 9.17) is 17.3 Å². The van der Waals surface area contributed by atoms with Crippen LogP contribution in [0.3, 0.4) is 0 Å². The van der Waals surface area contributed by atoms with Gasteiger partial charge in [0.05, 0.1) is 20.8 Å². The van der Waals surface area contributed by atoms with E-state index >= 15 is 0 Å². The Bertz CT molecular complexity index is 666. The summed E-state index contributed by atoms with van der Waals surface area (Å²) < 4.78 is 40.0. The molecule has 1 fully saturated rings. The van der Waals surface area contributed by atoms with E-state index < -0.39 is 26.3 Å². The van der Waals surface area contributed by atoms with E-state index in [0.717, 1.165) is 10.4 Å². The van der Waals surface area contributed by atoms with Gasteiger partial charge >= 0.3 is 0 Å². The molecule has 0 bridgehead atoms. The normalized spacial score (nSPS) is 24.2. The minimum atomic E-state index is -4.09. The standard InChI is InChI=1S/C11H13BrClFN2O3S/c1-11(17)2-3-16(5-11)20(18,19)7-4-6(13)8(12)10(15)9(7)14/h4,17H,2-3,5,15H2,1H3. The molecule has 1 aromatic rings. The maximum absolute atomic E-state index is 14.1. The van der Waals surface area contributed by atoms with Gasteiger partial charge in [-0.3, -0.25) is 0 Å². The molecule has 5 nitrogen and oxygen atoms in total. The van der Waals surface area contributed by atoms with Gasteiger partial charge in [-0.05, 0) is 35.3 Å². The van der Waals surface area contributed by atoms with Crippen molar-refractivity contribution in [3.63, 3.8) is 0 Å². The van der Waals surface area contributed by atoms with E-state index in [-0.39, 0.29) is 34.7 Å². The highest BCUT2D eigenvalue weighted by Crippen LogP contribution is 2.37. The fraction of sp³-hybridized carbons (Fsp3) is 0.455. The van der Waals surface area contributed by atoms with Gasteiger partial charge in [0.1, 0.15) is 4.90 Å². The zero-order chi connectivity index (χ0) is 15.3. The predicted octanol–water partition coefficient (Wildman–Crippen LogP) is 1.97. The van der Waals surface area contributed by atoms with Gasteiger partial charge in [-0.25, -0.2) is 12.8 Å². The average molecular weight is 388 g/mol. The number of nitrogens with two attached hydrogens (primary N) is 1. The molecule has 1 saturated heterocycles. The molecule has 0 aliphatic carbocycles. The van der Waals surface area contributed by atoms with Crippen LogP contribution in [-0.4, -0.2) is 36.5 Å². The van der Waals surface area contributed by atoms with Crippen molar-refractivity contribution in [2.24, 2.45) is 0 Å². The van der Waals surface area contributed by atoms with Crippen LogP contribution < -0.4 is 5.73 Å². The van der Waals surface area contributed by atoms with E-state index in [2.05, 4.69) is 15.9 Å². The van der Waals surface area contributed by atoms with Crippen molar-refractivity contribution in [3.05, 3.63) is 21.4 Å². The van der Waals surface area contributed by atoms with Crippen LogP contribution >= 0.6 is 27.5 Å². The zero-order valence-corrected chi connectivity index (χ0v) is 13.7. The lowest BCUT2D eigenvalue weighted by Gasteiger charge is -2.20. The molecule has 2 rings (SSSR count). The summed E-state index contributed by atoms with van der Waals surface area (Å²) in [6.07, 6.45) is 0.285. The first-order valence-electron chi connectivity index (χ1n) is 5.72. The first-order chi connectivity index (χ1) is 9.06. The summed E-state index contributed by atoms with van der Waals surface area (Å²) >= 11 is 8.82. The first kappa shape index (κ1) is 16.0. The summed E-state index contributed by atoms with van der Waals surface area (Å²) in [7, 11) is -4.09. The third-order valence-corrected chi connectivity index (χ3v) is 6.42. The molecule has 1 aliphatic rings. The summed E-state index contributed by atoms with van der Waals surface area (Å²) in [6.45, 7) is 1.55. The Labute approximate surface area is 129 Å². The van der Waals surface area contributed by atoms with Crippen molar-refractivity contribution in [2.75, 3.05) is 18.8 Å². The maximum atomic E-state index is 14.1. The Morgan fingerprint density at radius 1 is 1.60 bits per heavy atom. The summed E-state index contributed by atoms with van der Waals surface area (Å²) in [5.74, 6) is -1.05. The Kier molecular flexibility index (Phi) is 4.07. The second-order valence-electron chi connectivity index (χ2n) is 4.98. The van der Waals surface area contributed by atoms with Gasteiger partial charge in [0.25, 0.3) is 0 Å². The van der Waals surface area contributed by atoms with Gasteiger partial charge in [0.15, 0.2) is 5.82 Å². The Hall–Kier alpha value is -0.410. The molecule has 0 aromatic heterocycles. The van der Waals surface area contributed by atoms with Crippen LogP contribution in [0.25, 0.3) is 0 Å². The zero-order valence-electron chi connectivity index (χ0n) is 10.5. The van der Waals surface area contributed by atoms with Crippen molar-refractivity contribution in [3.8, 4) is 0 Å². The van der Waals surface area contributed by atoms with Gasteiger partial charge in [-0.2, -0.15) is 4.31 Å². The summed E-state index contributed by atoms with van der Waals surface area (Å²) in [5.41, 5.74) is 4.02. The number of aliphatic hydroxyl groups is 1. The van der Waals surface area contributed by atoms with Gasteiger partial charge in [-0.15, -0.1) is 0 Å². The molecule has 1 unspecified atom stereocenters. The third-order valence-electron chi connectivity index (χ3n) is 3.19. The van der Waals surface area contributed by atoms with Gasteiger partial charge in [0, 0.05) is 13.1 Å². The highest BCUT2D eigenvalue weighted by atomic mass is 79.9. The lowest BCUT2D eigenvalue weighted by Crippen LogP contribution is -2.34. The number of hydrogen-bond donors (Lipinski definition) is 2. The molecule has 20 heavy (non-hydrogen) atoms. The molecule has 1 heterocycles. The summed E-state index contributed by atoms with van der Waals surface area (Å²) in [5, 5.41) is 9.85. The topological polar surface area (TPSA) is 83.6 Å². The molecule has 0 amide bonds. The average Bonchev–Trinajstić information content (AvgIpc) is 2.72. The number of halogens is 3. The predicted molar refractivity (Wildman–Crippen MR) is 77.5 cm³/mol. The lowest BCUT2D eigenvalue weighted by molar-refractivity contribution is 0.0762. The van der Waals surface area contributed by atoms with E-state index in [1.54, 1.807) is 0 Å². The number of β-amino-alcohol motifs (C(OH)–C–C–N with tert-alkyl or cyclic N) is 1. The third kappa shape index (κ3) is 2.67. The highest BCUT2D eigenvalue weighted by molar-refractivity contribution is 9.10. The summed E-state index contributed by atoms with van der Waals surface area (Å²) in [4.78, 5) is -0.582. The molecular weight excluding hydrogens is 375 g/mol. The molecular formula is C11H13BrClFN2O3S. The monoisotopic (exact) mass is 386 g/mol. The number of anilines is 1. The second kappa shape index (κ2) is 5.10. The number of sulfonamides is 1. The van der Waals surface area contributed by atoms with Crippen LogP contribution in [0.1, 0.15) is 13.3 Å². The molecule has 1 atom stereocenters. The molecule has 1 aliphatic heterocycles. The van der Waals surface area contributed by atoms with Crippen LogP contribution in [0.2, 0.25) is 5.02 Å². The van der Waals surface area contributed by atoms with Crippen molar-refractivity contribution in [1.82, 2.24) is 4.31 Å². The van der Waals surface area contributed by atoms with Crippen molar-refractivity contribution in [1.29, 1.82) is 0 Å². The SMILES string of the molecule is CC1(O)CCN(S(=O)(=O)c2cc(Cl)c(Br)c(N)c2F)C1. The molecule has 0 radical (unpaired) electrons. The number of nitrogens with zero attached hydrogens (tertiary/aromatic N) is 1. The minimum absolute atomic E-state index is 0.00781. The van der Waals surface area contributed by atoms with Crippen LogP contribution in [0.4, 0.5) is 10.1 Å². The molecule has 9 heteroatoms. The van der Waals surface area contributed by atoms with Crippen LogP contribution in [0.15, 0.2) is 15.4 Å². The summed E-state index contributed by atoms with van der Waals surface area (Å²) in [6, 6.07) is 1.01. The van der Waals surface area contributed by atoms with Gasteiger partial charge < -0.3 is 10.8 Å². The van der Waals surface area contributed by atoms with Crippen LogP contribution in [0.5, 0.6) is 0 Å². The van der Waals surface area contributed by atoms with Crippen LogP contribution in [-0.2, 0) is 10.0 Å². The molecule has 1 aromatic carbocycles. The van der Waals surface area contributed by atoms with E-state index in [0.29, 0.717) is 0 Å². The fourth-order valence-corrected chi connectivity index (χ4v) is 4.26. The molecule has 0 spiro atoms. The van der Waals surface area contributed by atoms with E-state index in [1.165, 1.54) is 6.92 Å². The lowest BCUT2D eigenvalue weighted by atomic mass is 10.1. The number of benzene rings is 1. The van der Waals surface area contributed by atoms with Crippen LogP contribution in [0, 0.1) is 5.82 Å². The number of hydrogen-bond acceptors (Lipinski definition) is 4. The van der Waals surface area contributed by atoms with Crippen molar-refractivity contribution < 1.29 is 17.9 Å². The Morgan fingerprint density at radius 2 is 2.20 bits per heavy atom. The second-order valence-corrected chi connectivity index (χ2v) is 8.09. The molecule has 0 saturated carbocycles. The maximum Gasteiger partial charge on any atom is 0.246 e. The fourth-order valence-electron chi connectivity index (χ4n) is 2.04. The van der Waals surface area contributed by atoms with Gasteiger partial charge in [-0.1, -0.05) is 11.6 Å². The van der Waals surface area contributed by atoms with Gasteiger partial charge in [0.2, 0.25) is 10.0 Å². The Balaban J connectivity index is 2.51. The minimum Gasteiger partial charge on any atom is -0.395 e. The first-order valence-corrected chi connectivity index (χ1v) is 8.33. The molecule has 112 valence electrons. The molecule has 3 N–H and O–H groups in total. The van der Waals surface area contributed by atoms with E-state index in [9.17, 15) is 17.9 Å². The largest absolute Gasteiger partial charge is 0.395 e. The van der Waals surface area contributed by atoms with E-state index in [1.807, 2.05) is 0 Å². The Morgan fingerprint density at radius 3 is 2.70 bits per heavy atom. The number of nitrogen functional groups attached to an aromatic ring is 1. The van der Waals surface area contributed by atoms with Crippen molar-refractivity contribution in [2.45, 2.75) is 23.8 Å². The smallest absolute Gasteiger partial charge is 0.246 e. The van der Waals surface area contributed by atoms with Crippen molar-refractivity contribution >= 4 is 43.2 Å². The highest BCUT2D eigenvalue weighted by Gasteiger charge is 2.40.